The topological polar surface area (TPSA) is 32.8 Å². The quantitative estimate of drug-likeness (QED) is 0.743. The van der Waals surface area contributed by atoms with Crippen LogP contribution in [-0.2, 0) is 11.3 Å². The van der Waals surface area contributed by atoms with Crippen molar-refractivity contribution in [2.45, 2.75) is 70.7 Å². The number of morpholine rings is 1. The zero-order chi connectivity index (χ0) is 19.2. The number of hydrogen-bond donors (Lipinski definition) is 0. The molecule has 2 atom stereocenters. The lowest BCUT2D eigenvalue weighted by Crippen LogP contribution is -2.44. The standard InChI is InChI=1S/C23H32N2O2/c1-4-14-25(22-8-6-5-7-9-22)23(26)21-12-10-20(11-13-21)17-24-15-18(2)27-19(3)16-24/h1,10-13,18-19,22H,5-9,14-17H2,2-3H3. The average molecular weight is 369 g/mol. The zero-order valence-corrected chi connectivity index (χ0v) is 16.7. The van der Waals surface area contributed by atoms with Crippen molar-refractivity contribution in [2.24, 2.45) is 0 Å². The highest BCUT2D eigenvalue weighted by Crippen LogP contribution is 2.24. The van der Waals surface area contributed by atoms with Crippen LogP contribution in [0, 0.1) is 12.3 Å². The van der Waals surface area contributed by atoms with Crippen molar-refractivity contribution < 1.29 is 9.53 Å². The summed E-state index contributed by atoms with van der Waals surface area (Å²) in [4.78, 5) is 17.3. The van der Waals surface area contributed by atoms with Crippen LogP contribution in [0.25, 0.3) is 0 Å². The van der Waals surface area contributed by atoms with Gasteiger partial charge in [-0.3, -0.25) is 9.69 Å². The van der Waals surface area contributed by atoms with Gasteiger partial charge in [-0.25, -0.2) is 0 Å². The van der Waals surface area contributed by atoms with Gasteiger partial charge in [0.25, 0.3) is 5.91 Å². The average Bonchev–Trinajstić information content (AvgIpc) is 2.66. The van der Waals surface area contributed by atoms with Crippen molar-refractivity contribution in [1.29, 1.82) is 0 Å². The van der Waals surface area contributed by atoms with Crippen LogP contribution in [-0.4, -0.2) is 53.6 Å². The summed E-state index contributed by atoms with van der Waals surface area (Å²) >= 11 is 0. The maximum atomic E-state index is 13.0. The summed E-state index contributed by atoms with van der Waals surface area (Å²) in [6.07, 6.45) is 11.9. The second kappa shape index (κ2) is 9.39. The molecule has 27 heavy (non-hydrogen) atoms. The van der Waals surface area contributed by atoms with Crippen LogP contribution >= 0.6 is 0 Å². The zero-order valence-electron chi connectivity index (χ0n) is 16.7. The molecule has 2 aliphatic rings. The molecule has 1 aromatic carbocycles. The molecule has 4 heteroatoms. The number of rotatable bonds is 5. The SMILES string of the molecule is C#CCN(C(=O)c1ccc(CN2CC(C)OC(C)C2)cc1)C1CCCCC1. The molecule has 146 valence electrons. The van der Waals surface area contributed by atoms with Gasteiger partial charge in [0.1, 0.15) is 0 Å². The lowest BCUT2D eigenvalue weighted by atomic mass is 9.93. The van der Waals surface area contributed by atoms with Crippen molar-refractivity contribution in [1.82, 2.24) is 9.80 Å². The lowest BCUT2D eigenvalue weighted by Gasteiger charge is -2.35. The van der Waals surface area contributed by atoms with E-state index >= 15 is 0 Å². The Morgan fingerprint density at radius 3 is 2.37 bits per heavy atom. The summed E-state index contributed by atoms with van der Waals surface area (Å²) in [6.45, 7) is 7.43. The number of nitrogens with zero attached hydrogens (tertiary/aromatic N) is 2. The maximum Gasteiger partial charge on any atom is 0.254 e. The molecule has 4 nitrogen and oxygen atoms in total. The third-order valence-corrected chi connectivity index (χ3v) is 5.64. The van der Waals surface area contributed by atoms with E-state index in [1.54, 1.807) is 0 Å². The predicted molar refractivity (Wildman–Crippen MR) is 108 cm³/mol. The van der Waals surface area contributed by atoms with Gasteiger partial charge in [-0.2, -0.15) is 0 Å². The fourth-order valence-electron chi connectivity index (χ4n) is 4.45. The molecule has 1 saturated carbocycles. The third kappa shape index (κ3) is 5.34. The highest BCUT2D eigenvalue weighted by molar-refractivity contribution is 5.94. The number of hydrogen-bond acceptors (Lipinski definition) is 3. The van der Waals surface area contributed by atoms with Crippen LogP contribution in [0.1, 0.15) is 61.9 Å². The predicted octanol–water partition coefficient (Wildman–Crippen LogP) is 3.70. The highest BCUT2D eigenvalue weighted by Gasteiger charge is 2.26. The van der Waals surface area contributed by atoms with Gasteiger partial charge in [-0.05, 0) is 44.4 Å². The molecule has 1 amide bonds. The van der Waals surface area contributed by atoms with Gasteiger partial charge in [0.15, 0.2) is 0 Å². The number of amides is 1. The van der Waals surface area contributed by atoms with Gasteiger partial charge in [-0.15, -0.1) is 6.42 Å². The number of terminal acetylenes is 1. The van der Waals surface area contributed by atoms with E-state index in [4.69, 9.17) is 11.2 Å². The summed E-state index contributed by atoms with van der Waals surface area (Å²) in [6, 6.07) is 8.35. The van der Waals surface area contributed by atoms with Gasteiger partial charge in [0.2, 0.25) is 0 Å². The molecule has 1 heterocycles. The molecule has 3 rings (SSSR count). The molecular weight excluding hydrogens is 336 g/mol. The Bertz CT molecular complexity index is 648. The normalized spacial score (nSPS) is 24.3. The molecule has 0 N–H and O–H groups in total. The minimum absolute atomic E-state index is 0.0695. The summed E-state index contributed by atoms with van der Waals surface area (Å²) in [5.41, 5.74) is 1.97. The Hall–Kier alpha value is -1.83. The van der Waals surface area contributed by atoms with Crippen LogP contribution in [0.2, 0.25) is 0 Å². The van der Waals surface area contributed by atoms with E-state index in [1.807, 2.05) is 17.0 Å². The first-order chi connectivity index (χ1) is 13.1. The van der Waals surface area contributed by atoms with Crippen LogP contribution in [0.4, 0.5) is 0 Å². The molecule has 0 spiro atoms. The van der Waals surface area contributed by atoms with Crippen molar-refractivity contribution in [3.8, 4) is 12.3 Å². The summed E-state index contributed by atoms with van der Waals surface area (Å²) in [5, 5.41) is 0. The maximum absolute atomic E-state index is 13.0. The van der Waals surface area contributed by atoms with E-state index in [-0.39, 0.29) is 18.1 Å². The lowest BCUT2D eigenvalue weighted by molar-refractivity contribution is -0.0704. The first-order valence-electron chi connectivity index (χ1n) is 10.3. The van der Waals surface area contributed by atoms with E-state index in [2.05, 4.69) is 36.8 Å². The van der Waals surface area contributed by atoms with Crippen LogP contribution in [0.5, 0.6) is 0 Å². The minimum Gasteiger partial charge on any atom is -0.373 e. The van der Waals surface area contributed by atoms with Crippen LogP contribution in [0.3, 0.4) is 0 Å². The largest absolute Gasteiger partial charge is 0.373 e. The Balaban J connectivity index is 1.64. The Labute approximate surface area is 163 Å². The smallest absolute Gasteiger partial charge is 0.254 e. The molecule has 1 aliphatic carbocycles. The van der Waals surface area contributed by atoms with E-state index in [1.165, 1.54) is 24.8 Å². The highest BCUT2D eigenvalue weighted by atomic mass is 16.5. The molecule has 1 saturated heterocycles. The van der Waals surface area contributed by atoms with Crippen molar-refractivity contribution >= 4 is 5.91 Å². The van der Waals surface area contributed by atoms with Crippen LogP contribution < -0.4 is 0 Å². The van der Waals surface area contributed by atoms with Gasteiger partial charge in [0.05, 0.1) is 18.8 Å². The monoisotopic (exact) mass is 368 g/mol. The van der Waals surface area contributed by atoms with Crippen molar-refractivity contribution in [2.75, 3.05) is 19.6 Å². The molecular formula is C23H32N2O2. The number of ether oxygens (including phenoxy) is 1. The fourth-order valence-corrected chi connectivity index (χ4v) is 4.45. The number of benzene rings is 1. The second-order valence-electron chi connectivity index (χ2n) is 8.08. The Kier molecular flexibility index (Phi) is 6.93. The molecule has 1 aliphatic heterocycles. The summed E-state index contributed by atoms with van der Waals surface area (Å²) in [5.74, 6) is 2.75. The van der Waals surface area contributed by atoms with Crippen molar-refractivity contribution in [3.63, 3.8) is 0 Å². The minimum atomic E-state index is 0.0695. The van der Waals surface area contributed by atoms with Gasteiger partial charge >= 0.3 is 0 Å². The van der Waals surface area contributed by atoms with Crippen LogP contribution in [0.15, 0.2) is 24.3 Å². The Morgan fingerprint density at radius 2 is 1.78 bits per heavy atom. The third-order valence-electron chi connectivity index (χ3n) is 5.64. The number of carbonyl (C=O) groups excluding carboxylic acids is 1. The van der Waals surface area contributed by atoms with Gasteiger partial charge in [-0.1, -0.05) is 37.3 Å². The van der Waals surface area contributed by atoms with E-state index in [0.717, 1.165) is 38.0 Å². The van der Waals surface area contributed by atoms with Gasteiger partial charge in [0, 0.05) is 31.2 Å². The molecule has 2 fully saturated rings. The molecule has 0 bridgehead atoms. The molecule has 0 aromatic heterocycles. The van der Waals surface area contributed by atoms with Crippen molar-refractivity contribution in [3.05, 3.63) is 35.4 Å². The fraction of sp³-hybridized carbons (Fsp3) is 0.609. The van der Waals surface area contributed by atoms with E-state index in [9.17, 15) is 4.79 Å². The van der Waals surface area contributed by atoms with E-state index < -0.39 is 0 Å². The van der Waals surface area contributed by atoms with E-state index in [0.29, 0.717) is 12.6 Å². The number of carbonyl (C=O) groups is 1. The molecule has 2 unspecified atom stereocenters. The second-order valence-corrected chi connectivity index (χ2v) is 8.08. The first kappa shape index (κ1) is 19.9. The Morgan fingerprint density at radius 1 is 1.15 bits per heavy atom. The summed E-state index contributed by atoms with van der Waals surface area (Å²) < 4.78 is 5.80. The summed E-state index contributed by atoms with van der Waals surface area (Å²) in [7, 11) is 0. The van der Waals surface area contributed by atoms with Gasteiger partial charge < -0.3 is 9.64 Å². The first-order valence-corrected chi connectivity index (χ1v) is 10.3. The molecule has 0 radical (unpaired) electrons. The molecule has 1 aromatic rings.